The molecule has 0 atom stereocenters. The summed E-state index contributed by atoms with van der Waals surface area (Å²) in [6.45, 7) is 9.10. The Balaban J connectivity index is 0.00000288. The molecule has 3 heteroatoms. The van der Waals surface area contributed by atoms with Crippen LogP contribution in [0, 0.1) is 5.41 Å². The molecule has 0 fully saturated rings. The van der Waals surface area contributed by atoms with Crippen molar-refractivity contribution in [3.8, 4) is 0 Å². The van der Waals surface area contributed by atoms with Crippen LogP contribution in [-0.4, -0.2) is 0 Å². The van der Waals surface area contributed by atoms with Gasteiger partial charge in [0.1, 0.15) is 0 Å². The molecule has 0 radical (unpaired) electrons. The molecule has 0 saturated carbocycles. The molecule has 0 unspecified atom stereocenters. The molecule has 0 bridgehead atoms. The van der Waals surface area contributed by atoms with Gasteiger partial charge in [-0.05, 0) is 48.0 Å². The van der Waals surface area contributed by atoms with Gasteiger partial charge < -0.3 is 0 Å². The molecule has 0 aromatic rings. The number of halogens is 2. The van der Waals surface area contributed by atoms with Crippen molar-refractivity contribution in [1.82, 2.24) is 0 Å². The van der Waals surface area contributed by atoms with Crippen molar-refractivity contribution >= 4 is 23.2 Å². The predicted octanol–water partition coefficient (Wildman–Crippen LogP) is 8.04. The standard InChI is InChI=1S/C21H30Cl2.Ti/c1-5-7-9-15-11-13-17(22)19(15)21(3,4)20-16(10-8-6-2)12-14-18(20)23;/h11-12H,5-10,13-14H2,1-4H3;. The van der Waals surface area contributed by atoms with Gasteiger partial charge in [-0.25, -0.2) is 0 Å². The zero-order valence-electron chi connectivity index (χ0n) is 15.6. The first-order chi connectivity index (χ1) is 10.9. The summed E-state index contributed by atoms with van der Waals surface area (Å²) < 4.78 is 0. The van der Waals surface area contributed by atoms with Crippen molar-refractivity contribution in [2.75, 3.05) is 0 Å². The Kier molecular flexibility index (Phi) is 9.12. The molecule has 0 amide bonds. The maximum Gasteiger partial charge on any atom is 0.0262 e. The molecule has 0 nitrogen and oxygen atoms in total. The van der Waals surface area contributed by atoms with E-state index in [0.717, 1.165) is 35.7 Å². The number of allylic oxidation sites excluding steroid dienone is 8. The smallest absolute Gasteiger partial charge is 0.0262 e. The van der Waals surface area contributed by atoms with E-state index in [2.05, 4.69) is 39.8 Å². The summed E-state index contributed by atoms with van der Waals surface area (Å²) in [6, 6.07) is 0. The molecule has 0 saturated heterocycles. The van der Waals surface area contributed by atoms with Gasteiger partial charge in [-0.15, -0.1) is 0 Å². The molecule has 0 aromatic heterocycles. The van der Waals surface area contributed by atoms with Crippen LogP contribution < -0.4 is 0 Å². The molecule has 24 heavy (non-hydrogen) atoms. The molecule has 2 rings (SSSR count). The summed E-state index contributed by atoms with van der Waals surface area (Å²) in [5.74, 6) is 0. The first-order valence-corrected chi connectivity index (χ1v) is 9.86. The summed E-state index contributed by atoms with van der Waals surface area (Å²) >= 11 is 13.3. The zero-order valence-corrected chi connectivity index (χ0v) is 18.6. The number of hydrogen-bond donors (Lipinski definition) is 0. The number of hydrogen-bond acceptors (Lipinski definition) is 0. The van der Waals surface area contributed by atoms with Crippen LogP contribution in [-0.2, 0) is 21.7 Å². The Bertz CT molecular complexity index is 527. The maximum atomic E-state index is 6.66. The van der Waals surface area contributed by atoms with Crippen LogP contribution in [0.4, 0.5) is 0 Å². The third-order valence-electron chi connectivity index (χ3n) is 5.09. The Morgan fingerprint density at radius 1 is 0.833 bits per heavy atom. The molecule has 0 N–H and O–H groups in total. The van der Waals surface area contributed by atoms with Gasteiger partial charge >= 0.3 is 0 Å². The van der Waals surface area contributed by atoms with Gasteiger partial charge in [-0.3, -0.25) is 0 Å². The van der Waals surface area contributed by atoms with E-state index >= 15 is 0 Å². The van der Waals surface area contributed by atoms with Crippen molar-refractivity contribution in [3.05, 3.63) is 44.5 Å². The maximum absolute atomic E-state index is 6.66. The Morgan fingerprint density at radius 2 is 1.21 bits per heavy atom. The Morgan fingerprint density at radius 3 is 1.54 bits per heavy atom. The van der Waals surface area contributed by atoms with Gasteiger partial charge in [0, 0.05) is 50.0 Å². The monoisotopic (exact) mass is 400 g/mol. The molecule has 0 aliphatic heterocycles. The van der Waals surface area contributed by atoms with Gasteiger partial charge in [0.15, 0.2) is 0 Å². The largest absolute Gasteiger partial charge is 0.0885 e. The topological polar surface area (TPSA) is 0 Å². The van der Waals surface area contributed by atoms with E-state index < -0.39 is 0 Å². The van der Waals surface area contributed by atoms with Crippen LogP contribution >= 0.6 is 23.2 Å². The normalized spacial score (nSPS) is 18.1. The van der Waals surface area contributed by atoms with E-state index in [1.807, 2.05) is 0 Å². The summed E-state index contributed by atoms with van der Waals surface area (Å²) in [6.07, 6.45) is 13.6. The first kappa shape index (κ1) is 22.3. The second-order valence-corrected chi connectivity index (χ2v) is 8.17. The quantitative estimate of drug-likeness (QED) is 0.361. The fourth-order valence-corrected chi connectivity index (χ4v) is 4.85. The first-order valence-electron chi connectivity index (χ1n) is 9.10. The zero-order chi connectivity index (χ0) is 17.0. The van der Waals surface area contributed by atoms with Crippen LogP contribution in [0.3, 0.4) is 0 Å². The van der Waals surface area contributed by atoms with Crippen molar-refractivity contribution in [2.24, 2.45) is 5.41 Å². The van der Waals surface area contributed by atoms with Crippen molar-refractivity contribution in [3.63, 3.8) is 0 Å². The summed E-state index contributed by atoms with van der Waals surface area (Å²) in [5.41, 5.74) is 5.47. The van der Waals surface area contributed by atoms with Crippen LogP contribution in [0.25, 0.3) is 0 Å². The SMILES string of the molecule is CCCCC1=CCC(Cl)=C1C(C)(C)C1=C(Cl)CC=C1CCCC.[Ti]. The fourth-order valence-electron chi connectivity index (χ4n) is 3.98. The minimum atomic E-state index is -0.0969. The average Bonchev–Trinajstić information content (AvgIpc) is 3.06. The van der Waals surface area contributed by atoms with Gasteiger partial charge in [0.05, 0.1) is 0 Å². The molecule has 132 valence electrons. The number of rotatable bonds is 8. The van der Waals surface area contributed by atoms with Gasteiger partial charge in [0.25, 0.3) is 0 Å². The third-order valence-corrected chi connectivity index (χ3v) is 5.78. The van der Waals surface area contributed by atoms with E-state index in [1.165, 1.54) is 48.0 Å². The van der Waals surface area contributed by atoms with E-state index in [1.54, 1.807) is 0 Å². The minimum absolute atomic E-state index is 0. The van der Waals surface area contributed by atoms with Crippen molar-refractivity contribution in [2.45, 2.75) is 79.1 Å². The van der Waals surface area contributed by atoms with Gasteiger partial charge in [-0.1, -0.05) is 75.9 Å². The molecule has 2 aliphatic rings. The fraction of sp³-hybridized carbons (Fsp3) is 0.619. The molecule has 0 aromatic carbocycles. The van der Waals surface area contributed by atoms with E-state index in [4.69, 9.17) is 23.2 Å². The molecule has 2 aliphatic carbocycles. The van der Waals surface area contributed by atoms with E-state index in [-0.39, 0.29) is 27.1 Å². The van der Waals surface area contributed by atoms with Crippen LogP contribution in [0.1, 0.15) is 79.1 Å². The number of unbranched alkanes of at least 4 members (excludes halogenated alkanes) is 2. The molecular formula is C21H30Cl2Ti. The van der Waals surface area contributed by atoms with E-state index in [9.17, 15) is 0 Å². The van der Waals surface area contributed by atoms with Gasteiger partial charge in [0.2, 0.25) is 0 Å². The Hall–Kier alpha value is 0.254. The minimum Gasteiger partial charge on any atom is -0.0885 e. The third kappa shape index (κ3) is 4.70. The van der Waals surface area contributed by atoms with Crippen molar-refractivity contribution in [1.29, 1.82) is 0 Å². The molecular weight excluding hydrogens is 371 g/mol. The molecule has 0 heterocycles. The second-order valence-electron chi connectivity index (χ2n) is 7.26. The van der Waals surface area contributed by atoms with E-state index in [0.29, 0.717) is 0 Å². The van der Waals surface area contributed by atoms with Crippen molar-refractivity contribution < 1.29 is 21.7 Å². The van der Waals surface area contributed by atoms with Crippen LogP contribution in [0.2, 0.25) is 0 Å². The van der Waals surface area contributed by atoms with Crippen LogP contribution in [0.15, 0.2) is 44.5 Å². The summed E-state index contributed by atoms with van der Waals surface area (Å²) in [7, 11) is 0. The summed E-state index contributed by atoms with van der Waals surface area (Å²) in [5, 5.41) is 2.03. The second kappa shape index (κ2) is 9.82. The van der Waals surface area contributed by atoms with Crippen LogP contribution in [0.5, 0.6) is 0 Å². The summed E-state index contributed by atoms with van der Waals surface area (Å²) in [4.78, 5) is 0. The Labute approximate surface area is 173 Å². The predicted molar refractivity (Wildman–Crippen MR) is 104 cm³/mol. The molecule has 0 spiro atoms. The van der Waals surface area contributed by atoms with Gasteiger partial charge in [-0.2, -0.15) is 0 Å². The average molecular weight is 401 g/mol.